The van der Waals surface area contributed by atoms with Gasteiger partial charge in [0.2, 0.25) is 10.0 Å². The summed E-state index contributed by atoms with van der Waals surface area (Å²) in [7, 11) is -1.83. The van der Waals surface area contributed by atoms with Crippen LogP contribution in [0.5, 0.6) is 0 Å². The lowest BCUT2D eigenvalue weighted by Crippen LogP contribution is -2.49. The Kier molecular flexibility index (Phi) is 6.30. The van der Waals surface area contributed by atoms with Gasteiger partial charge in [0, 0.05) is 52.4 Å². The van der Waals surface area contributed by atoms with Crippen LogP contribution in [0.1, 0.15) is 6.42 Å². The number of anilines is 2. The molecule has 0 aliphatic carbocycles. The highest BCUT2D eigenvalue weighted by atomic mass is 32.2. The summed E-state index contributed by atoms with van der Waals surface area (Å²) >= 11 is 0. The summed E-state index contributed by atoms with van der Waals surface area (Å²) in [5, 5.41) is 8.54. The minimum Gasteiger partial charge on any atom is -0.353 e. The quantitative estimate of drug-likeness (QED) is 0.689. The van der Waals surface area contributed by atoms with E-state index >= 15 is 0 Å². The molecular weight excluding hydrogens is 397 g/mol. The van der Waals surface area contributed by atoms with Crippen molar-refractivity contribution in [2.75, 3.05) is 75.0 Å². The third-order valence-corrected chi connectivity index (χ3v) is 6.94. The van der Waals surface area contributed by atoms with E-state index in [0.717, 1.165) is 36.3 Å². The lowest BCUT2D eigenvalue weighted by atomic mass is 10.3. The molecule has 2 saturated heterocycles. The lowest BCUT2D eigenvalue weighted by molar-refractivity contribution is -0.130. The second-order valence-electron chi connectivity index (χ2n) is 7.11. The number of sulfonamides is 1. The SMILES string of the molecule is CN1CCN(c2ccc(N3CCN(S(=O)(=O)CCC(F)(F)F)CC3)nn2)CC1. The Morgan fingerprint density at radius 1 is 0.893 bits per heavy atom. The number of hydrogen-bond acceptors (Lipinski definition) is 7. The van der Waals surface area contributed by atoms with Gasteiger partial charge in [-0.15, -0.1) is 10.2 Å². The van der Waals surface area contributed by atoms with Crippen molar-refractivity contribution in [2.45, 2.75) is 12.6 Å². The number of nitrogens with zero attached hydrogens (tertiary/aromatic N) is 6. The van der Waals surface area contributed by atoms with Crippen molar-refractivity contribution in [3.63, 3.8) is 0 Å². The van der Waals surface area contributed by atoms with E-state index < -0.39 is 28.4 Å². The van der Waals surface area contributed by atoms with Gasteiger partial charge in [0.25, 0.3) is 0 Å². The first kappa shape index (κ1) is 21.1. The Hall–Kier alpha value is -1.66. The maximum Gasteiger partial charge on any atom is 0.390 e. The summed E-state index contributed by atoms with van der Waals surface area (Å²) in [6.07, 6.45) is -5.80. The van der Waals surface area contributed by atoms with Gasteiger partial charge < -0.3 is 14.7 Å². The van der Waals surface area contributed by atoms with E-state index in [0.29, 0.717) is 18.9 Å². The number of halogens is 3. The predicted octanol–water partition coefficient (Wildman–Crippen LogP) is 0.633. The average Bonchev–Trinajstić information content (AvgIpc) is 2.67. The average molecular weight is 422 g/mol. The van der Waals surface area contributed by atoms with Crippen LogP contribution in [0.15, 0.2) is 12.1 Å². The van der Waals surface area contributed by atoms with Crippen LogP contribution in [-0.4, -0.2) is 99.2 Å². The first-order valence-electron chi connectivity index (χ1n) is 9.21. The van der Waals surface area contributed by atoms with Gasteiger partial charge >= 0.3 is 6.18 Å². The van der Waals surface area contributed by atoms with E-state index in [9.17, 15) is 21.6 Å². The maximum absolute atomic E-state index is 12.3. The van der Waals surface area contributed by atoms with Crippen LogP contribution in [0.2, 0.25) is 0 Å². The van der Waals surface area contributed by atoms with Crippen LogP contribution in [0, 0.1) is 0 Å². The molecule has 0 amide bonds. The predicted molar refractivity (Wildman–Crippen MR) is 100.0 cm³/mol. The van der Waals surface area contributed by atoms with E-state index in [1.807, 2.05) is 17.0 Å². The van der Waals surface area contributed by atoms with Crippen molar-refractivity contribution in [1.29, 1.82) is 0 Å². The van der Waals surface area contributed by atoms with Gasteiger partial charge in [-0.05, 0) is 19.2 Å². The van der Waals surface area contributed by atoms with Crippen molar-refractivity contribution in [3.8, 4) is 0 Å². The summed E-state index contributed by atoms with van der Waals surface area (Å²) in [6.45, 7) is 4.73. The number of rotatable bonds is 5. The van der Waals surface area contributed by atoms with E-state index in [2.05, 4.69) is 27.0 Å². The first-order valence-corrected chi connectivity index (χ1v) is 10.8. The fourth-order valence-electron chi connectivity index (χ4n) is 3.26. The summed E-state index contributed by atoms with van der Waals surface area (Å²) in [4.78, 5) is 6.32. The Morgan fingerprint density at radius 2 is 1.36 bits per heavy atom. The normalized spacial score (nSPS) is 20.6. The minimum absolute atomic E-state index is 0.141. The highest BCUT2D eigenvalue weighted by Gasteiger charge is 2.34. The molecule has 2 aliphatic rings. The van der Waals surface area contributed by atoms with Crippen LogP contribution in [0.3, 0.4) is 0 Å². The smallest absolute Gasteiger partial charge is 0.353 e. The molecule has 2 aliphatic heterocycles. The Morgan fingerprint density at radius 3 is 1.79 bits per heavy atom. The van der Waals surface area contributed by atoms with Gasteiger partial charge in [0.05, 0.1) is 12.2 Å². The minimum atomic E-state index is -4.48. The summed E-state index contributed by atoms with van der Waals surface area (Å²) < 4.78 is 62.2. The molecule has 158 valence electrons. The van der Waals surface area contributed by atoms with E-state index in [1.54, 1.807) is 0 Å². The fraction of sp³-hybridized carbons (Fsp3) is 0.750. The zero-order valence-electron chi connectivity index (χ0n) is 15.8. The molecule has 8 nitrogen and oxygen atoms in total. The van der Waals surface area contributed by atoms with Crippen molar-refractivity contribution in [3.05, 3.63) is 12.1 Å². The Bertz CT molecular complexity index is 743. The van der Waals surface area contributed by atoms with Gasteiger partial charge in [0.1, 0.15) is 0 Å². The van der Waals surface area contributed by atoms with Gasteiger partial charge in [-0.2, -0.15) is 17.5 Å². The van der Waals surface area contributed by atoms with Crippen molar-refractivity contribution < 1.29 is 21.6 Å². The van der Waals surface area contributed by atoms with Gasteiger partial charge in [-0.3, -0.25) is 0 Å². The zero-order chi connectivity index (χ0) is 20.4. The van der Waals surface area contributed by atoms with Crippen LogP contribution in [0.25, 0.3) is 0 Å². The van der Waals surface area contributed by atoms with Crippen LogP contribution in [0.4, 0.5) is 24.8 Å². The molecule has 1 aromatic heterocycles. The highest BCUT2D eigenvalue weighted by molar-refractivity contribution is 7.89. The molecule has 0 atom stereocenters. The molecule has 0 spiro atoms. The molecule has 1 aromatic rings. The monoisotopic (exact) mass is 422 g/mol. The molecule has 0 aromatic carbocycles. The zero-order valence-corrected chi connectivity index (χ0v) is 16.6. The van der Waals surface area contributed by atoms with Crippen LogP contribution in [-0.2, 0) is 10.0 Å². The van der Waals surface area contributed by atoms with Crippen molar-refractivity contribution in [2.24, 2.45) is 0 Å². The fourth-order valence-corrected chi connectivity index (χ4v) is 4.73. The topological polar surface area (TPSA) is 72.9 Å². The Labute approximate surface area is 163 Å². The Balaban J connectivity index is 1.53. The second kappa shape index (κ2) is 8.37. The van der Waals surface area contributed by atoms with Crippen molar-refractivity contribution >= 4 is 21.7 Å². The third-order valence-electron chi connectivity index (χ3n) is 5.06. The molecular formula is C16H25F3N6O2S. The second-order valence-corrected chi connectivity index (χ2v) is 9.20. The molecule has 0 N–H and O–H groups in total. The van der Waals surface area contributed by atoms with E-state index in [1.165, 1.54) is 0 Å². The number of hydrogen-bond donors (Lipinski definition) is 0. The number of aromatic nitrogens is 2. The molecule has 0 radical (unpaired) electrons. The third kappa shape index (κ3) is 5.45. The van der Waals surface area contributed by atoms with E-state index in [4.69, 9.17) is 0 Å². The standard InChI is InChI=1S/C16H25F3N6O2S/c1-22-5-7-23(8-6-22)14-2-3-15(21-20-14)24-9-11-25(12-10-24)28(26,27)13-4-16(17,18)19/h2-3H,4-13H2,1H3. The summed E-state index contributed by atoms with van der Waals surface area (Å²) in [5.74, 6) is 0.547. The van der Waals surface area contributed by atoms with Gasteiger partial charge in [0.15, 0.2) is 11.6 Å². The lowest BCUT2D eigenvalue weighted by Gasteiger charge is -2.35. The molecule has 3 rings (SSSR count). The largest absolute Gasteiger partial charge is 0.390 e. The molecule has 2 fully saturated rings. The number of likely N-dealkylation sites (N-methyl/N-ethyl adjacent to an activating group) is 1. The first-order chi connectivity index (χ1) is 13.1. The van der Waals surface area contributed by atoms with Crippen LogP contribution >= 0.6 is 0 Å². The number of alkyl halides is 3. The molecule has 28 heavy (non-hydrogen) atoms. The van der Waals surface area contributed by atoms with E-state index in [-0.39, 0.29) is 13.1 Å². The van der Waals surface area contributed by atoms with Crippen molar-refractivity contribution in [1.82, 2.24) is 19.4 Å². The summed E-state index contributed by atoms with van der Waals surface area (Å²) in [5.41, 5.74) is 0. The highest BCUT2D eigenvalue weighted by Crippen LogP contribution is 2.22. The molecule has 0 saturated carbocycles. The summed E-state index contributed by atoms with van der Waals surface area (Å²) in [6, 6.07) is 3.76. The van der Waals surface area contributed by atoms with Gasteiger partial charge in [-0.25, -0.2) is 8.42 Å². The molecule has 0 unspecified atom stereocenters. The molecule has 3 heterocycles. The number of piperazine rings is 2. The molecule has 0 bridgehead atoms. The maximum atomic E-state index is 12.3. The van der Waals surface area contributed by atoms with Crippen LogP contribution < -0.4 is 9.80 Å². The molecule has 12 heteroatoms. The van der Waals surface area contributed by atoms with Gasteiger partial charge in [-0.1, -0.05) is 0 Å².